The molecule has 0 fully saturated rings. The Hall–Kier alpha value is -2.97. The number of benzene rings is 2. The van der Waals surface area contributed by atoms with E-state index >= 15 is 0 Å². The molecule has 0 saturated carbocycles. The average molecular weight is 373 g/mol. The molecule has 0 aliphatic carbocycles. The van der Waals surface area contributed by atoms with E-state index in [4.69, 9.17) is 14.2 Å². The molecule has 0 bridgehead atoms. The van der Waals surface area contributed by atoms with Crippen molar-refractivity contribution in [2.75, 3.05) is 19.5 Å². The van der Waals surface area contributed by atoms with E-state index in [1.807, 2.05) is 0 Å². The van der Waals surface area contributed by atoms with Crippen molar-refractivity contribution >= 4 is 11.6 Å². The van der Waals surface area contributed by atoms with Crippen LogP contribution in [0.2, 0.25) is 0 Å². The van der Waals surface area contributed by atoms with Crippen molar-refractivity contribution < 1.29 is 36.6 Å². The number of rotatable bonds is 6. The summed E-state index contributed by atoms with van der Waals surface area (Å²) in [5.74, 6) is -8.07. The zero-order valence-corrected chi connectivity index (χ0v) is 14.0. The molecule has 0 saturated heterocycles. The smallest absolute Gasteiger partial charge is 0.265 e. The molecule has 1 N–H and O–H groups in total. The van der Waals surface area contributed by atoms with E-state index in [2.05, 4.69) is 5.32 Å². The minimum atomic E-state index is -1.73. The van der Waals surface area contributed by atoms with Crippen LogP contribution < -0.4 is 19.5 Å². The van der Waals surface area contributed by atoms with E-state index in [0.717, 1.165) is 6.92 Å². The second kappa shape index (κ2) is 7.94. The van der Waals surface area contributed by atoms with Crippen molar-refractivity contribution in [3.05, 3.63) is 47.5 Å². The molecule has 5 nitrogen and oxygen atoms in total. The van der Waals surface area contributed by atoms with Gasteiger partial charge in [0.05, 0.1) is 14.2 Å². The third-order valence-corrected chi connectivity index (χ3v) is 3.39. The Morgan fingerprint density at radius 1 is 0.962 bits per heavy atom. The van der Waals surface area contributed by atoms with Gasteiger partial charge in [0.2, 0.25) is 11.6 Å². The van der Waals surface area contributed by atoms with E-state index in [-0.39, 0.29) is 11.8 Å². The van der Waals surface area contributed by atoms with Crippen molar-refractivity contribution in [3.8, 4) is 17.2 Å². The highest BCUT2D eigenvalue weighted by atomic mass is 19.2. The molecule has 9 heteroatoms. The zero-order chi connectivity index (χ0) is 19.4. The molecular weight excluding hydrogens is 358 g/mol. The maximum atomic E-state index is 13.6. The number of nitrogens with one attached hydrogen (secondary N) is 1. The summed E-state index contributed by atoms with van der Waals surface area (Å²) in [5, 5.41) is 2.42. The lowest BCUT2D eigenvalue weighted by atomic mass is 10.2. The minimum Gasteiger partial charge on any atom is -0.493 e. The first-order chi connectivity index (χ1) is 12.3. The van der Waals surface area contributed by atoms with Gasteiger partial charge in [-0.25, -0.2) is 8.78 Å². The molecule has 26 heavy (non-hydrogen) atoms. The molecule has 2 aromatic carbocycles. The second-order valence-electron chi connectivity index (χ2n) is 5.12. The molecule has 0 aliphatic heterocycles. The van der Waals surface area contributed by atoms with Gasteiger partial charge in [-0.2, -0.15) is 8.78 Å². The van der Waals surface area contributed by atoms with E-state index in [1.165, 1.54) is 32.4 Å². The average Bonchev–Trinajstić information content (AvgIpc) is 2.63. The number of halogens is 4. The number of amides is 1. The van der Waals surface area contributed by atoms with Crippen molar-refractivity contribution in [2.24, 2.45) is 0 Å². The lowest BCUT2D eigenvalue weighted by molar-refractivity contribution is -0.122. The highest BCUT2D eigenvalue weighted by molar-refractivity contribution is 5.94. The van der Waals surface area contributed by atoms with Crippen molar-refractivity contribution in [2.45, 2.75) is 13.0 Å². The molecule has 140 valence electrons. The van der Waals surface area contributed by atoms with Gasteiger partial charge in [-0.1, -0.05) is 0 Å². The maximum Gasteiger partial charge on any atom is 0.265 e. The molecule has 0 aromatic heterocycles. The van der Waals surface area contributed by atoms with Crippen molar-refractivity contribution in [3.63, 3.8) is 0 Å². The fraction of sp³-hybridized carbons (Fsp3) is 0.235. The van der Waals surface area contributed by atoms with Crippen LogP contribution in [0, 0.1) is 23.3 Å². The number of carbonyl (C=O) groups excluding carboxylic acids is 1. The first-order valence-electron chi connectivity index (χ1n) is 7.31. The molecule has 0 aliphatic rings. The van der Waals surface area contributed by atoms with Crippen LogP contribution in [0.1, 0.15) is 6.92 Å². The SMILES string of the molecule is COc1ccc(NC(=O)[C@H](C)Oc2c(F)c(F)cc(F)c2F)cc1OC. The number of ether oxygens (including phenoxy) is 3. The Labute approximate surface area is 146 Å². The van der Waals surface area contributed by atoms with Gasteiger partial charge < -0.3 is 19.5 Å². The van der Waals surface area contributed by atoms with Crippen LogP contribution in [-0.2, 0) is 4.79 Å². The highest BCUT2D eigenvalue weighted by Crippen LogP contribution is 2.30. The summed E-state index contributed by atoms with van der Waals surface area (Å²) < 4.78 is 68.5. The van der Waals surface area contributed by atoms with Crippen molar-refractivity contribution in [1.82, 2.24) is 0 Å². The Morgan fingerprint density at radius 2 is 1.54 bits per heavy atom. The van der Waals surface area contributed by atoms with Crippen LogP contribution in [0.15, 0.2) is 24.3 Å². The standard InChI is InChI=1S/C17H15F4NO4/c1-8(26-16-14(20)10(18)7-11(19)15(16)21)17(23)22-9-4-5-12(24-2)13(6-9)25-3/h4-8H,1-3H3,(H,22,23)/t8-/m0/s1. The summed E-state index contributed by atoms with van der Waals surface area (Å²) in [7, 11) is 2.84. The summed E-state index contributed by atoms with van der Waals surface area (Å²) >= 11 is 0. The molecule has 2 rings (SSSR count). The molecule has 0 heterocycles. The van der Waals surface area contributed by atoms with Gasteiger partial charge in [0.25, 0.3) is 5.91 Å². The summed E-state index contributed by atoms with van der Waals surface area (Å²) in [5.41, 5.74) is 0.287. The molecule has 2 aromatic rings. The first kappa shape index (κ1) is 19.4. The van der Waals surface area contributed by atoms with E-state index in [0.29, 0.717) is 11.5 Å². The largest absolute Gasteiger partial charge is 0.493 e. The van der Waals surface area contributed by atoms with Gasteiger partial charge in [-0.15, -0.1) is 0 Å². The van der Waals surface area contributed by atoms with E-state index in [9.17, 15) is 22.4 Å². The zero-order valence-electron chi connectivity index (χ0n) is 14.0. The minimum absolute atomic E-state index is 0.0475. The van der Waals surface area contributed by atoms with E-state index in [1.54, 1.807) is 0 Å². The number of hydrogen-bond acceptors (Lipinski definition) is 4. The number of carbonyl (C=O) groups is 1. The van der Waals surface area contributed by atoms with Gasteiger partial charge in [0.1, 0.15) is 0 Å². The number of anilines is 1. The Kier molecular flexibility index (Phi) is 5.91. The van der Waals surface area contributed by atoms with Crippen molar-refractivity contribution in [1.29, 1.82) is 0 Å². The second-order valence-corrected chi connectivity index (χ2v) is 5.12. The first-order valence-corrected chi connectivity index (χ1v) is 7.31. The molecule has 0 radical (unpaired) electrons. The molecule has 0 spiro atoms. The van der Waals surface area contributed by atoms with Gasteiger partial charge >= 0.3 is 0 Å². The monoisotopic (exact) mass is 373 g/mol. The van der Waals surface area contributed by atoms with Gasteiger partial charge in [0.15, 0.2) is 35.0 Å². The van der Waals surface area contributed by atoms with E-state index < -0.39 is 41.0 Å². The Bertz CT molecular complexity index is 803. The molecule has 0 unspecified atom stereocenters. The Balaban J connectivity index is 2.16. The summed E-state index contributed by atoms with van der Waals surface area (Å²) in [6.07, 6.45) is -1.45. The summed E-state index contributed by atoms with van der Waals surface area (Å²) in [4.78, 5) is 12.1. The van der Waals surface area contributed by atoms with Crippen LogP contribution in [0.5, 0.6) is 17.2 Å². The van der Waals surface area contributed by atoms with Gasteiger partial charge in [-0.05, 0) is 19.1 Å². The normalized spacial score (nSPS) is 11.7. The van der Waals surface area contributed by atoms with Crippen LogP contribution in [0.25, 0.3) is 0 Å². The topological polar surface area (TPSA) is 56.8 Å². The third kappa shape index (κ3) is 3.98. The maximum absolute atomic E-state index is 13.6. The predicted octanol–water partition coefficient (Wildman–Crippen LogP) is 3.67. The van der Waals surface area contributed by atoms with Crippen LogP contribution >= 0.6 is 0 Å². The summed E-state index contributed by atoms with van der Waals surface area (Å²) in [6, 6.07) is 4.52. The lowest BCUT2D eigenvalue weighted by Gasteiger charge is -2.17. The Morgan fingerprint density at radius 3 is 2.08 bits per heavy atom. The third-order valence-electron chi connectivity index (χ3n) is 3.39. The fourth-order valence-electron chi connectivity index (χ4n) is 2.04. The van der Waals surface area contributed by atoms with Crippen LogP contribution in [-0.4, -0.2) is 26.2 Å². The van der Waals surface area contributed by atoms with Gasteiger partial charge in [-0.3, -0.25) is 4.79 Å². The number of methoxy groups -OCH3 is 2. The van der Waals surface area contributed by atoms with Gasteiger partial charge in [0, 0.05) is 17.8 Å². The molecular formula is C17H15F4NO4. The lowest BCUT2D eigenvalue weighted by Crippen LogP contribution is -2.31. The molecule has 1 amide bonds. The summed E-state index contributed by atoms with van der Waals surface area (Å²) in [6.45, 7) is 1.16. The predicted molar refractivity (Wildman–Crippen MR) is 84.5 cm³/mol. The highest BCUT2D eigenvalue weighted by Gasteiger charge is 2.25. The quantitative estimate of drug-likeness (QED) is 0.620. The number of hydrogen-bond donors (Lipinski definition) is 1. The van der Waals surface area contributed by atoms with Crippen LogP contribution in [0.3, 0.4) is 0 Å². The fourth-order valence-corrected chi connectivity index (χ4v) is 2.04. The molecule has 1 atom stereocenters. The van der Waals surface area contributed by atoms with Crippen LogP contribution in [0.4, 0.5) is 23.2 Å².